The topological polar surface area (TPSA) is 118 Å². The molecular weight excluding hydrogens is 503 g/mol. The average molecular weight is 526 g/mol. The molecule has 36 heavy (non-hydrogen) atoms. The number of hydrogen-bond donors (Lipinski definition) is 1. The molecule has 1 amide bonds. The van der Waals surface area contributed by atoms with Gasteiger partial charge in [0.05, 0.1) is 28.9 Å². The predicted molar refractivity (Wildman–Crippen MR) is 122 cm³/mol. The van der Waals surface area contributed by atoms with Crippen LogP contribution in [0.4, 0.5) is 13.2 Å². The van der Waals surface area contributed by atoms with Crippen LogP contribution in [0.2, 0.25) is 0 Å². The molecule has 192 valence electrons. The monoisotopic (exact) mass is 525 g/mol. The second kappa shape index (κ2) is 9.43. The molecule has 0 saturated carbocycles. The molecule has 1 aliphatic rings. The van der Waals surface area contributed by atoms with E-state index in [0.717, 1.165) is 40.6 Å². The Morgan fingerprint density at radius 1 is 1.08 bits per heavy atom. The molecular formula is C22H22F3N5O5S. The van der Waals surface area contributed by atoms with E-state index in [0.29, 0.717) is 36.3 Å². The maximum absolute atomic E-state index is 13.1. The average Bonchev–Trinajstić information content (AvgIpc) is 3.11. The Labute approximate surface area is 203 Å². The molecule has 0 radical (unpaired) electrons. The molecule has 4 rings (SSSR count). The quantitative estimate of drug-likeness (QED) is 0.536. The number of aromatic hydroxyl groups is 1. The Hall–Kier alpha value is -3.65. The van der Waals surface area contributed by atoms with Crippen molar-refractivity contribution in [3.63, 3.8) is 0 Å². The first kappa shape index (κ1) is 25.4. The zero-order valence-corrected chi connectivity index (χ0v) is 19.8. The fourth-order valence-electron chi connectivity index (χ4n) is 3.86. The molecule has 1 N–H and O–H groups in total. The van der Waals surface area contributed by atoms with Crippen molar-refractivity contribution in [3.8, 4) is 11.6 Å². The molecule has 3 heterocycles. The molecule has 0 atom stereocenters. The fourth-order valence-corrected chi connectivity index (χ4v) is 4.62. The number of imidazole rings is 1. The lowest BCUT2D eigenvalue weighted by atomic mass is 10.1. The summed E-state index contributed by atoms with van der Waals surface area (Å²) in [5.74, 6) is -0.753. The van der Waals surface area contributed by atoms with Crippen LogP contribution >= 0.6 is 0 Å². The third-order valence-corrected chi connectivity index (χ3v) is 7.42. The first-order valence-corrected chi connectivity index (χ1v) is 12.2. The fraction of sp³-hybridized carbons (Fsp3) is 0.318. The van der Waals surface area contributed by atoms with Gasteiger partial charge in [-0.25, -0.2) is 17.8 Å². The van der Waals surface area contributed by atoms with Crippen molar-refractivity contribution in [1.29, 1.82) is 0 Å². The van der Waals surface area contributed by atoms with Crippen LogP contribution in [0, 0.1) is 0 Å². The predicted octanol–water partition coefficient (Wildman–Crippen LogP) is 1.47. The van der Waals surface area contributed by atoms with Crippen molar-refractivity contribution < 1.29 is 31.5 Å². The van der Waals surface area contributed by atoms with Crippen LogP contribution in [-0.2, 0) is 16.4 Å². The van der Waals surface area contributed by atoms with E-state index in [9.17, 15) is 36.3 Å². The summed E-state index contributed by atoms with van der Waals surface area (Å²) in [5, 5.41) is 10.4. The highest BCUT2D eigenvalue weighted by Crippen LogP contribution is 2.30. The van der Waals surface area contributed by atoms with E-state index in [1.54, 1.807) is 11.0 Å². The van der Waals surface area contributed by atoms with Gasteiger partial charge in [0.2, 0.25) is 5.88 Å². The minimum absolute atomic E-state index is 0.0409. The van der Waals surface area contributed by atoms with E-state index in [1.165, 1.54) is 12.4 Å². The molecule has 1 fully saturated rings. The molecule has 3 aromatic rings. The summed E-state index contributed by atoms with van der Waals surface area (Å²) in [6.45, 7) is 2.44. The number of sulfone groups is 1. The number of hydrogen-bond acceptors (Lipinski definition) is 7. The second-order valence-electron chi connectivity index (χ2n) is 8.30. The largest absolute Gasteiger partial charge is 0.501 e. The van der Waals surface area contributed by atoms with E-state index < -0.39 is 31.8 Å². The van der Waals surface area contributed by atoms with Gasteiger partial charge in [0.15, 0.2) is 0 Å². The molecule has 1 saturated heterocycles. The molecule has 2 aromatic heterocycles. The third kappa shape index (κ3) is 4.73. The number of rotatable bonds is 5. The highest BCUT2D eigenvalue weighted by molar-refractivity contribution is 7.92. The van der Waals surface area contributed by atoms with E-state index in [2.05, 4.69) is 9.88 Å². The van der Waals surface area contributed by atoms with Crippen molar-refractivity contribution in [1.82, 2.24) is 23.9 Å². The Kier molecular flexibility index (Phi) is 6.66. The molecule has 10 nitrogen and oxygen atoms in total. The van der Waals surface area contributed by atoms with E-state index >= 15 is 0 Å². The molecule has 0 spiro atoms. The smallest absolute Gasteiger partial charge is 0.493 e. The number of amides is 1. The summed E-state index contributed by atoms with van der Waals surface area (Å²) in [7, 11) is -3.59. The number of aromatic nitrogens is 3. The normalized spacial score (nSPS) is 15.3. The Balaban J connectivity index is 1.62. The molecule has 0 bridgehead atoms. The standard InChI is InChI=1S/C22H22F3N5O5S/c1-27-8-10-28(11-9-27)20(32)18-12-26-7-6-15(18)13-29-14-19(31)30(21(29)33)16-2-4-17(5-3-16)36(34,35)22(23,24)25/h2-7,12,14,31H,8-11,13H2,1H3. The zero-order chi connectivity index (χ0) is 26.3. The van der Waals surface area contributed by atoms with Crippen LogP contribution in [0.3, 0.4) is 0 Å². The van der Waals surface area contributed by atoms with Gasteiger partial charge in [0, 0.05) is 38.6 Å². The Morgan fingerprint density at radius 2 is 1.72 bits per heavy atom. The summed E-state index contributed by atoms with van der Waals surface area (Å²) >= 11 is 0. The zero-order valence-electron chi connectivity index (χ0n) is 19.0. The van der Waals surface area contributed by atoms with Crippen LogP contribution in [0.15, 0.2) is 58.6 Å². The van der Waals surface area contributed by atoms with Crippen LogP contribution in [0.25, 0.3) is 5.69 Å². The number of likely N-dealkylation sites (N-methyl/N-ethyl adjacent to an activating group) is 1. The maximum atomic E-state index is 13.1. The molecule has 1 aliphatic heterocycles. The highest BCUT2D eigenvalue weighted by Gasteiger charge is 2.46. The minimum Gasteiger partial charge on any atom is -0.493 e. The minimum atomic E-state index is -5.56. The lowest BCUT2D eigenvalue weighted by molar-refractivity contribution is -0.0436. The van der Waals surface area contributed by atoms with E-state index in [1.807, 2.05) is 7.05 Å². The first-order valence-electron chi connectivity index (χ1n) is 10.7. The van der Waals surface area contributed by atoms with Gasteiger partial charge in [-0.1, -0.05) is 0 Å². The number of halogens is 3. The Bertz CT molecular complexity index is 1440. The number of pyridine rings is 1. The molecule has 0 unspecified atom stereocenters. The SMILES string of the molecule is CN1CCN(C(=O)c2cnccc2Cn2cc(O)n(-c3ccc(S(=O)(=O)C(F)(F)F)cc3)c2=O)CC1. The summed E-state index contributed by atoms with van der Waals surface area (Å²) < 4.78 is 63.5. The number of benzene rings is 1. The number of nitrogens with zero attached hydrogens (tertiary/aromatic N) is 5. The summed E-state index contributed by atoms with van der Waals surface area (Å²) in [4.78, 5) is 32.9. The number of alkyl halides is 3. The van der Waals surface area contributed by atoms with Crippen molar-refractivity contribution in [2.45, 2.75) is 16.9 Å². The second-order valence-corrected chi connectivity index (χ2v) is 10.2. The van der Waals surface area contributed by atoms with Crippen LogP contribution in [0.5, 0.6) is 5.88 Å². The van der Waals surface area contributed by atoms with Gasteiger partial charge in [-0.3, -0.25) is 14.3 Å². The number of piperazine rings is 1. The summed E-state index contributed by atoms with van der Waals surface area (Å²) in [6, 6.07) is 4.97. The van der Waals surface area contributed by atoms with E-state index in [4.69, 9.17) is 0 Å². The van der Waals surface area contributed by atoms with Crippen LogP contribution in [0.1, 0.15) is 15.9 Å². The van der Waals surface area contributed by atoms with Crippen molar-refractivity contribution in [2.75, 3.05) is 33.2 Å². The molecule has 0 aliphatic carbocycles. The molecule has 14 heteroatoms. The van der Waals surface area contributed by atoms with Gasteiger partial charge in [-0.2, -0.15) is 13.2 Å². The van der Waals surface area contributed by atoms with Crippen LogP contribution < -0.4 is 5.69 Å². The van der Waals surface area contributed by atoms with Gasteiger partial charge < -0.3 is 14.9 Å². The van der Waals surface area contributed by atoms with Crippen molar-refractivity contribution >= 4 is 15.7 Å². The highest BCUT2D eigenvalue weighted by atomic mass is 32.2. The van der Waals surface area contributed by atoms with Gasteiger partial charge in [-0.15, -0.1) is 0 Å². The number of carbonyl (C=O) groups excluding carboxylic acids is 1. The molecule has 1 aromatic carbocycles. The maximum Gasteiger partial charge on any atom is 0.501 e. The Morgan fingerprint density at radius 3 is 2.33 bits per heavy atom. The van der Waals surface area contributed by atoms with Gasteiger partial charge in [-0.05, 0) is 42.9 Å². The van der Waals surface area contributed by atoms with Gasteiger partial charge in [0.25, 0.3) is 15.7 Å². The lowest BCUT2D eigenvalue weighted by Crippen LogP contribution is -2.47. The van der Waals surface area contributed by atoms with Crippen molar-refractivity contribution in [3.05, 3.63) is 70.5 Å². The van der Waals surface area contributed by atoms with Gasteiger partial charge in [0.1, 0.15) is 0 Å². The van der Waals surface area contributed by atoms with Crippen molar-refractivity contribution in [2.24, 2.45) is 0 Å². The third-order valence-electron chi connectivity index (χ3n) is 5.92. The number of carbonyl (C=O) groups is 1. The first-order chi connectivity index (χ1) is 16.9. The lowest BCUT2D eigenvalue weighted by Gasteiger charge is -2.32. The summed E-state index contributed by atoms with van der Waals surface area (Å²) in [5.41, 5.74) is -5.46. The van der Waals surface area contributed by atoms with E-state index in [-0.39, 0.29) is 18.1 Å². The summed E-state index contributed by atoms with van der Waals surface area (Å²) in [6.07, 6.45) is 4.00. The van der Waals surface area contributed by atoms with Gasteiger partial charge >= 0.3 is 11.2 Å². The van der Waals surface area contributed by atoms with Crippen LogP contribution in [-0.4, -0.2) is 82.1 Å².